The normalized spacial score (nSPS) is 31.2. The maximum Gasteiger partial charge on any atom is 0.0994 e. The van der Waals surface area contributed by atoms with Crippen LogP contribution in [0, 0.1) is 16.7 Å². The van der Waals surface area contributed by atoms with E-state index >= 15 is 0 Å². The van der Waals surface area contributed by atoms with Crippen LogP contribution in [0.2, 0.25) is 0 Å². The van der Waals surface area contributed by atoms with Crippen molar-refractivity contribution in [1.29, 1.82) is 0 Å². The van der Waals surface area contributed by atoms with Gasteiger partial charge in [-0.25, -0.2) is 0 Å². The molecule has 2 nitrogen and oxygen atoms in total. The first-order valence-electron chi connectivity index (χ1n) is 6.82. The van der Waals surface area contributed by atoms with E-state index in [1.165, 1.54) is 5.57 Å². The van der Waals surface area contributed by atoms with Crippen LogP contribution in [-0.2, 0) is 9.47 Å². The average Bonchev–Trinajstić information content (AvgIpc) is 2.26. The molecule has 1 heterocycles. The molecule has 0 spiro atoms. The predicted octanol–water partition coefficient (Wildman–Crippen LogP) is 3.93. The van der Waals surface area contributed by atoms with Crippen molar-refractivity contribution in [2.45, 2.75) is 47.1 Å². The van der Waals surface area contributed by atoms with Crippen molar-refractivity contribution >= 4 is 0 Å². The van der Waals surface area contributed by atoms with Crippen molar-refractivity contribution in [2.75, 3.05) is 13.7 Å². The summed E-state index contributed by atoms with van der Waals surface area (Å²) >= 11 is 0. The van der Waals surface area contributed by atoms with E-state index in [0.717, 1.165) is 18.8 Å². The Kier molecular flexibility index (Phi) is 3.35. The summed E-state index contributed by atoms with van der Waals surface area (Å²) in [6.07, 6.45) is 5.67. The molecule has 2 atom stereocenters. The van der Waals surface area contributed by atoms with Gasteiger partial charge in [-0.05, 0) is 23.5 Å². The van der Waals surface area contributed by atoms with Gasteiger partial charge in [0.1, 0.15) is 0 Å². The Labute approximate surface area is 111 Å². The fourth-order valence-electron chi connectivity index (χ4n) is 2.96. The number of methoxy groups -OCH3 is 1. The standard InChI is InChI=1S/C16H26O2/c1-15(2,3)12-9-11(7-8-13(12)17-6)14-16(4,5)10-18-14/h7-8,12,14H,9-10H2,1-6H3. The van der Waals surface area contributed by atoms with E-state index in [1.807, 2.05) is 0 Å². The lowest BCUT2D eigenvalue weighted by Crippen LogP contribution is -2.49. The summed E-state index contributed by atoms with van der Waals surface area (Å²) in [5.74, 6) is 1.55. The molecule has 0 amide bonds. The molecule has 102 valence electrons. The Hall–Kier alpha value is -0.760. The van der Waals surface area contributed by atoms with Gasteiger partial charge in [0.15, 0.2) is 0 Å². The molecule has 2 aliphatic rings. The first-order chi connectivity index (χ1) is 8.25. The van der Waals surface area contributed by atoms with Crippen LogP contribution >= 0.6 is 0 Å². The quantitative estimate of drug-likeness (QED) is 0.739. The third-order valence-corrected chi connectivity index (χ3v) is 4.19. The zero-order valence-corrected chi connectivity index (χ0v) is 12.5. The van der Waals surface area contributed by atoms with Gasteiger partial charge in [0.25, 0.3) is 0 Å². The monoisotopic (exact) mass is 250 g/mol. The molecule has 1 fully saturated rings. The van der Waals surface area contributed by atoms with Crippen LogP contribution in [0.4, 0.5) is 0 Å². The summed E-state index contributed by atoms with van der Waals surface area (Å²) in [4.78, 5) is 0. The highest BCUT2D eigenvalue weighted by Crippen LogP contribution is 2.46. The molecule has 0 radical (unpaired) electrons. The molecule has 1 aliphatic carbocycles. The molecule has 2 heteroatoms. The fourth-order valence-corrected chi connectivity index (χ4v) is 2.96. The average molecular weight is 250 g/mol. The van der Waals surface area contributed by atoms with Crippen molar-refractivity contribution in [3.8, 4) is 0 Å². The minimum atomic E-state index is 0.218. The molecule has 2 unspecified atom stereocenters. The molecule has 0 aromatic carbocycles. The van der Waals surface area contributed by atoms with Gasteiger partial charge in [0.2, 0.25) is 0 Å². The molecule has 0 aromatic rings. The summed E-state index contributed by atoms with van der Waals surface area (Å²) in [5.41, 5.74) is 1.93. The van der Waals surface area contributed by atoms with E-state index in [9.17, 15) is 0 Å². The van der Waals surface area contributed by atoms with Gasteiger partial charge in [0, 0.05) is 11.3 Å². The molecular formula is C16H26O2. The largest absolute Gasteiger partial charge is 0.501 e. The lowest BCUT2D eigenvalue weighted by Gasteiger charge is -2.47. The van der Waals surface area contributed by atoms with Gasteiger partial charge in [0.05, 0.1) is 25.6 Å². The van der Waals surface area contributed by atoms with Crippen LogP contribution in [0.5, 0.6) is 0 Å². The second kappa shape index (κ2) is 4.41. The minimum Gasteiger partial charge on any atom is -0.501 e. The van der Waals surface area contributed by atoms with E-state index in [1.54, 1.807) is 7.11 Å². The van der Waals surface area contributed by atoms with Gasteiger partial charge < -0.3 is 9.47 Å². The first kappa shape index (κ1) is 13.7. The second-order valence-electron chi connectivity index (χ2n) is 7.32. The predicted molar refractivity (Wildman–Crippen MR) is 74.3 cm³/mol. The highest BCUT2D eigenvalue weighted by atomic mass is 16.5. The third kappa shape index (κ3) is 2.35. The molecular weight excluding hydrogens is 224 g/mol. The number of rotatable bonds is 2. The van der Waals surface area contributed by atoms with Crippen LogP contribution in [0.3, 0.4) is 0 Å². The molecule has 0 saturated carbocycles. The van der Waals surface area contributed by atoms with Gasteiger partial charge in [-0.2, -0.15) is 0 Å². The molecule has 0 aromatic heterocycles. The van der Waals surface area contributed by atoms with E-state index in [4.69, 9.17) is 9.47 Å². The lowest BCUT2D eigenvalue weighted by molar-refractivity contribution is -0.149. The number of hydrogen-bond donors (Lipinski definition) is 0. The van der Waals surface area contributed by atoms with E-state index in [0.29, 0.717) is 5.92 Å². The Morgan fingerprint density at radius 2 is 1.94 bits per heavy atom. The van der Waals surface area contributed by atoms with E-state index in [2.05, 4.69) is 46.8 Å². The van der Waals surface area contributed by atoms with Gasteiger partial charge in [-0.1, -0.05) is 40.7 Å². The number of allylic oxidation sites excluding steroid dienone is 3. The minimum absolute atomic E-state index is 0.218. The zero-order valence-electron chi connectivity index (χ0n) is 12.5. The smallest absolute Gasteiger partial charge is 0.0994 e. The Morgan fingerprint density at radius 1 is 1.28 bits per heavy atom. The molecule has 0 N–H and O–H groups in total. The lowest BCUT2D eigenvalue weighted by atomic mass is 9.69. The van der Waals surface area contributed by atoms with Gasteiger partial charge in [-0.3, -0.25) is 0 Å². The van der Waals surface area contributed by atoms with Crippen LogP contribution in [0.25, 0.3) is 0 Å². The van der Waals surface area contributed by atoms with Crippen LogP contribution in [-0.4, -0.2) is 19.8 Å². The maximum absolute atomic E-state index is 5.78. The maximum atomic E-state index is 5.78. The van der Waals surface area contributed by atoms with Crippen molar-refractivity contribution < 1.29 is 9.47 Å². The highest BCUT2D eigenvalue weighted by molar-refractivity contribution is 5.30. The summed E-state index contributed by atoms with van der Waals surface area (Å²) in [5, 5.41) is 0. The zero-order chi connectivity index (χ0) is 13.6. The second-order valence-corrected chi connectivity index (χ2v) is 7.32. The first-order valence-corrected chi connectivity index (χ1v) is 6.82. The van der Waals surface area contributed by atoms with E-state index < -0.39 is 0 Å². The topological polar surface area (TPSA) is 18.5 Å². The highest BCUT2D eigenvalue weighted by Gasteiger charge is 2.44. The summed E-state index contributed by atoms with van der Waals surface area (Å²) < 4.78 is 11.3. The third-order valence-electron chi connectivity index (χ3n) is 4.19. The van der Waals surface area contributed by atoms with Gasteiger partial charge >= 0.3 is 0 Å². The molecule has 2 rings (SSSR count). The summed E-state index contributed by atoms with van der Waals surface area (Å²) in [6.45, 7) is 12.3. The van der Waals surface area contributed by atoms with Crippen LogP contribution < -0.4 is 0 Å². The molecule has 1 aliphatic heterocycles. The Balaban J connectivity index is 2.21. The van der Waals surface area contributed by atoms with Crippen molar-refractivity contribution in [1.82, 2.24) is 0 Å². The van der Waals surface area contributed by atoms with Crippen LogP contribution in [0.1, 0.15) is 41.0 Å². The fraction of sp³-hybridized carbons (Fsp3) is 0.750. The number of ether oxygens (including phenoxy) is 2. The van der Waals surface area contributed by atoms with Gasteiger partial charge in [-0.15, -0.1) is 0 Å². The Morgan fingerprint density at radius 3 is 2.33 bits per heavy atom. The molecule has 18 heavy (non-hydrogen) atoms. The van der Waals surface area contributed by atoms with Crippen LogP contribution in [0.15, 0.2) is 23.5 Å². The summed E-state index contributed by atoms with van der Waals surface area (Å²) in [7, 11) is 1.77. The van der Waals surface area contributed by atoms with Crippen molar-refractivity contribution in [3.05, 3.63) is 23.5 Å². The molecule has 1 saturated heterocycles. The summed E-state index contributed by atoms with van der Waals surface area (Å²) in [6, 6.07) is 0. The SMILES string of the molecule is COC1=CC=C(C2OCC2(C)C)CC1C(C)(C)C. The molecule has 0 bridgehead atoms. The van der Waals surface area contributed by atoms with Crippen molar-refractivity contribution in [2.24, 2.45) is 16.7 Å². The van der Waals surface area contributed by atoms with Crippen molar-refractivity contribution in [3.63, 3.8) is 0 Å². The Bertz CT molecular complexity index is 382. The number of hydrogen-bond acceptors (Lipinski definition) is 2. The van der Waals surface area contributed by atoms with E-state index in [-0.39, 0.29) is 16.9 Å².